The second-order valence-corrected chi connectivity index (χ2v) is 4.19. The van der Waals surface area contributed by atoms with Crippen LogP contribution in [-0.2, 0) is 0 Å². The number of rotatable bonds is 2. The molecular weight excluding hydrogens is 257 g/mol. The summed E-state index contributed by atoms with van der Waals surface area (Å²) >= 11 is 5.67. The number of benzene rings is 1. The first-order chi connectivity index (χ1) is 8.49. The molecule has 3 nitrogen and oxygen atoms in total. The average Bonchev–Trinajstić information content (AvgIpc) is 2.33. The molecule has 0 amide bonds. The molecule has 18 heavy (non-hydrogen) atoms. The van der Waals surface area contributed by atoms with Gasteiger partial charge in [-0.25, -0.2) is 14.2 Å². The second kappa shape index (κ2) is 4.74. The van der Waals surface area contributed by atoms with Gasteiger partial charge in [-0.3, -0.25) is 0 Å². The van der Waals surface area contributed by atoms with Crippen molar-refractivity contribution in [1.82, 2.24) is 4.98 Å². The van der Waals surface area contributed by atoms with Crippen LogP contribution in [0.5, 0.6) is 0 Å². The number of nitrogens with zero attached hydrogens (tertiary/aromatic N) is 1. The van der Waals surface area contributed by atoms with Crippen LogP contribution in [0.3, 0.4) is 0 Å². The molecule has 0 aliphatic heterocycles. The molecule has 0 saturated carbocycles. The first kappa shape index (κ1) is 12.5. The Hall–Kier alpha value is -1.94. The molecule has 1 heterocycles. The number of hydrogen-bond acceptors (Lipinski definition) is 2. The summed E-state index contributed by atoms with van der Waals surface area (Å²) < 4.78 is 13.4. The van der Waals surface area contributed by atoms with Crippen LogP contribution in [0.1, 0.15) is 15.9 Å². The standard InChI is InChI=1S/C13H9ClFNO2/c1-7-2-3-8(5-11(7)15)9-4-10(13(17)18)12(14)16-6-9/h2-6H,1H3,(H,17,18). The van der Waals surface area contributed by atoms with Gasteiger partial charge in [0.1, 0.15) is 11.0 Å². The maximum atomic E-state index is 13.4. The van der Waals surface area contributed by atoms with E-state index in [9.17, 15) is 9.18 Å². The Morgan fingerprint density at radius 3 is 2.67 bits per heavy atom. The third kappa shape index (κ3) is 2.33. The first-order valence-corrected chi connectivity index (χ1v) is 5.52. The van der Waals surface area contributed by atoms with Crippen molar-refractivity contribution in [3.8, 4) is 11.1 Å². The third-order valence-electron chi connectivity index (χ3n) is 2.57. The van der Waals surface area contributed by atoms with E-state index in [4.69, 9.17) is 16.7 Å². The van der Waals surface area contributed by atoms with Crippen molar-refractivity contribution in [3.63, 3.8) is 0 Å². The van der Waals surface area contributed by atoms with Gasteiger partial charge >= 0.3 is 5.97 Å². The van der Waals surface area contributed by atoms with Gasteiger partial charge in [-0.2, -0.15) is 0 Å². The molecule has 1 N–H and O–H groups in total. The Balaban J connectivity index is 2.54. The van der Waals surface area contributed by atoms with Gasteiger partial charge in [0.05, 0.1) is 5.56 Å². The SMILES string of the molecule is Cc1ccc(-c2cnc(Cl)c(C(=O)O)c2)cc1F. The maximum Gasteiger partial charge on any atom is 0.338 e. The molecule has 0 aliphatic rings. The molecule has 92 valence electrons. The lowest BCUT2D eigenvalue weighted by Crippen LogP contribution is -1.99. The first-order valence-electron chi connectivity index (χ1n) is 5.14. The van der Waals surface area contributed by atoms with Crippen molar-refractivity contribution in [3.05, 3.63) is 52.6 Å². The minimum Gasteiger partial charge on any atom is -0.478 e. The zero-order valence-corrected chi connectivity index (χ0v) is 10.2. The highest BCUT2D eigenvalue weighted by Crippen LogP contribution is 2.24. The monoisotopic (exact) mass is 265 g/mol. The van der Waals surface area contributed by atoms with Crippen molar-refractivity contribution in [2.45, 2.75) is 6.92 Å². The number of hydrogen-bond donors (Lipinski definition) is 1. The lowest BCUT2D eigenvalue weighted by atomic mass is 10.0. The van der Waals surface area contributed by atoms with Gasteiger partial charge in [0.15, 0.2) is 0 Å². The number of aromatic nitrogens is 1. The molecule has 1 aromatic heterocycles. The topological polar surface area (TPSA) is 50.2 Å². The van der Waals surface area contributed by atoms with Crippen molar-refractivity contribution >= 4 is 17.6 Å². The Labute approximate surface area is 108 Å². The molecule has 5 heteroatoms. The highest BCUT2D eigenvalue weighted by atomic mass is 35.5. The molecule has 0 aliphatic carbocycles. The van der Waals surface area contributed by atoms with Gasteiger partial charge in [0.2, 0.25) is 0 Å². The molecule has 2 aromatic rings. The Morgan fingerprint density at radius 1 is 1.33 bits per heavy atom. The number of aromatic carboxylic acids is 1. The Kier molecular flexibility index (Phi) is 3.30. The minimum atomic E-state index is -1.16. The van der Waals surface area contributed by atoms with Crippen LogP contribution in [0.25, 0.3) is 11.1 Å². The zero-order valence-electron chi connectivity index (χ0n) is 9.45. The summed E-state index contributed by atoms with van der Waals surface area (Å²) in [6.07, 6.45) is 1.42. The van der Waals surface area contributed by atoms with Gasteiger partial charge < -0.3 is 5.11 Å². The Bertz CT molecular complexity index is 628. The quantitative estimate of drug-likeness (QED) is 0.845. The molecule has 0 atom stereocenters. The van der Waals surface area contributed by atoms with Gasteiger partial charge in [-0.1, -0.05) is 23.7 Å². The molecule has 0 saturated heterocycles. The number of halogens is 2. The van der Waals surface area contributed by atoms with Crippen LogP contribution in [0.4, 0.5) is 4.39 Å². The summed E-state index contributed by atoms with van der Waals surface area (Å²) in [7, 11) is 0. The molecule has 0 spiro atoms. The maximum absolute atomic E-state index is 13.4. The summed E-state index contributed by atoms with van der Waals surface area (Å²) in [5.74, 6) is -1.51. The summed E-state index contributed by atoms with van der Waals surface area (Å²) in [5, 5.41) is 8.85. The van der Waals surface area contributed by atoms with Crippen molar-refractivity contribution < 1.29 is 14.3 Å². The second-order valence-electron chi connectivity index (χ2n) is 3.83. The highest BCUT2D eigenvalue weighted by Gasteiger charge is 2.12. The van der Waals surface area contributed by atoms with Gasteiger partial charge in [0, 0.05) is 11.8 Å². The van der Waals surface area contributed by atoms with E-state index in [-0.39, 0.29) is 16.5 Å². The van der Waals surface area contributed by atoms with Crippen LogP contribution in [0, 0.1) is 12.7 Å². The summed E-state index contributed by atoms with van der Waals surface area (Å²) in [4.78, 5) is 14.7. The van der Waals surface area contributed by atoms with E-state index in [0.717, 1.165) is 0 Å². The largest absolute Gasteiger partial charge is 0.478 e. The molecule has 2 rings (SSSR count). The minimum absolute atomic E-state index is 0.0844. The highest BCUT2D eigenvalue weighted by molar-refractivity contribution is 6.32. The van der Waals surface area contributed by atoms with Crippen LogP contribution in [0.2, 0.25) is 5.15 Å². The van der Waals surface area contributed by atoms with Crippen molar-refractivity contribution in [1.29, 1.82) is 0 Å². The number of pyridine rings is 1. The van der Waals surface area contributed by atoms with E-state index in [2.05, 4.69) is 4.98 Å². The van der Waals surface area contributed by atoms with E-state index in [0.29, 0.717) is 16.7 Å². The molecular formula is C13H9ClFNO2. The fourth-order valence-corrected chi connectivity index (χ4v) is 1.71. The lowest BCUT2D eigenvalue weighted by molar-refractivity contribution is 0.0696. The molecule has 0 radical (unpaired) electrons. The summed E-state index contributed by atoms with van der Waals surface area (Å²) in [5.41, 5.74) is 1.50. The number of carboxylic acid groups (broad SMARTS) is 1. The predicted octanol–water partition coefficient (Wildman–Crippen LogP) is 3.55. The lowest BCUT2D eigenvalue weighted by Gasteiger charge is -2.05. The normalized spacial score (nSPS) is 10.4. The molecule has 0 bridgehead atoms. The third-order valence-corrected chi connectivity index (χ3v) is 2.88. The van der Waals surface area contributed by atoms with E-state index >= 15 is 0 Å². The van der Waals surface area contributed by atoms with Gasteiger partial charge in [0.25, 0.3) is 0 Å². The fraction of sp³-hybridized carbons (Fsp3) is 0.0769. The van der Waals surface area contributed by atoms with Gasteiger partial charge in [-0.15, -0.1) is 0 Å². The summed E-state index contributed by atoms with van der Waals surface area (Å²) in [6, 6.07) is 6.04. The Morgan fingerprint density at radius 2 is 2.06 bits per heavy atom. The van der Waals surface area contributed by atoms with Crippen LogP contribution >= 0.6 is 11.6 Å². The van der Waals surface area contributed by atoms with E-state index in [1.807, 2.05) is 0 Å². The zero-order chi connectivity index (χ0) is 13.3. The van der Waals surface area contributed by atoms with Crippen molar-refractivity contribution in [2.75, 3.05) is 0 Å². The molecule has 0 fully saturated rings. The van der Waals surface area contributed by atoms with Crippen LogP contribution in [-0.4, -0.2) is 16.1 Å². The van der Waals surface area contributed by atoms with E-state index < -0.39 is 5.97 Å². The number of carboxylic acids is 1. The van der Waals surface area contributed by atoms with Crippen LogP contribution < -0.4 is 0 Å². The van der Waals surface area contributed by atoms with Crippen LogP contribution in [0.15, 0.2) is 30.5 Å². The number of carbonyl (C=O) groups is 1. The van der Waals surface area contributed by atoms with E-state index in [1.165, 1.54) is 18.3 Å². The average molecular weight is 266 g/mol. The molecule has 0 unspecified atom stereocenters. The van der Waals surface area contributed by atoms with Crippen molar-refractivity contribution in [2.24, 2.45) is 0 Å². The number of aryl methyl sites for hydroxylation is 1. The smallest absolute Gasteiger partial charge is 0.338 e. The predicted molar refractivity (Wildman–Crippen MR) is 66.3 cm³/mol. The van der Waals surface area contributed by atoms with E-state index in [1.54, 1.807) is 19.1 Å². The summed E-state index contributed by atoms with van der Waals surface area (Å²) in [6.45, 7) is 1.65. The molecule has 1 aromatic carbocycles. The van der Waals surface area contributed by atoms with Gasteiger partial charge in [-0.05, 0) is 30.2 Å². The fourth-order valence-electron chi connectivity index (χ4n) is 1.53.